The van der Waals surface area contributed by atoms with E-state index in [-0.39, 0.29) is 0 Å². The number of thiophene rings is 1. The second-order valence-corrected chi connectivity index (χ2v) is 5.58. The molecule has 84 valence electrons. The van der Waals surface area contributed by atoms with E-state index in [0.717, 1.165) is 18.4 Å². The summed E-state index contributed by atoms with van der Waals surface area (Å²) in [5.74, 6) is 1.65. The Morgan fingerprint density at radius 3 is 2.73 bits per heavy atom. The van der Waals surface area contributed by atoms with Crippen LogP contribution in [-0.4, -0.2) is 6.54 Å². The Bertz CT molecular complexity index is 262. The Kier molecular flexibility index (Phi) is 4.21. The second kappa shape index (κ2) is 5.66. The molecular formula is C13H21NS. The number of hydrogen-bond donors (Lipinski definition) is 1. The molecule has 0 spiro atoms. The molecule has 2 N–H and O–H groups in total. The summed E-state index contributed by atoms with van der Waals surface area (Å²) in [7, 11) is 0. The van der Waals surface area contributed by atoms with E-state index in [1.165, 1.54) is 38.5 Å². The lowest BCUT2D eigenvalue weighted by Crippen LogP contribution is -2.18. The van der Waals surface area contributed by atoms with Gasteiger partial charge >= 0.3 is 0 Å². The SMILES string of the molecule is NCCC(c1cccs1)C1CCCCC1. The van der Waals surface area contributed by atoms with Gasteiger partial charge in [-0.15, -0.1) is 11.3 Å². The van der Waals surface area contributed by atoms with E-state index >= 15 is 0 Å². The van der Waals surface area contributed by atoms with Gasteiger partial charge in [-0.05, 0) is 49.1 Å². The predicted octanol–water partition coefficient (Wildman–Crippen LogP) is 3.76. The van der Waals surface area contributed by atoms with Gasteiger partial charge in [0.15, 0.2) is 0 Å². The molecule has 0 saturated heterocycles. The van der Waals surface area contributed by atoms with Gasteiger partial charge in [-0.3, -0.25) is 0 Å². The maximum absolute atomic E-state index is 5.75. The van der Waals surface area contributed by atoms with E-state index in [1.54, 1.807) is 4.88 Å². The summed E-state index contributed by atoms with van der Waals surface area (Å²) >= 11 is 1.91. The molecule has 1 nitrogen and oxygen atoms in total. The van der Waals surface area contributed by atoms with Crippen LogP contribution in [0.25, 0.3) is 0 Å². The van der Waals surface area contributed by atoms with Crippen molar-refractivity contribution < 1.29 is 0 Å². The molecule has 1 aromatic rings. The molecule has 1 saturated carbocycles. The molecule has 1 heterocycles. The van der Waals surface area contributed by atoms with Crippen LogP contribution < -0.4 is 5.73 Å². The van der Waals surface area contributed by atoms with Crippen molar-refractivity contribution in [3.05, 3.63) is 22.4 Å². The minimum atomic E-state index is 0.746. The molecule has 1 fully saturated rings. The third-order valence-corrected chi connectivity index (χ3v) is 4.61. The molecule has 0 aromatic carbocycles. The Morgan fingerprint density at radius 1 is 1.33 bits per heavy atom. The van der Waals surface area contributed by atoms with Gasteiger partial charge in [-0.1, -0.05) is 25.3 Å². The van der Waals surface area contributed by atoms with E-state index in [2.05, 4.69) is 17.5 Å². The first-order valence-corrected chi connectivity index (χ1v) is 7.03. The van der Waals surface area contributed by atoms with Crippen LogP contribution in [0.5, 0.6) is 0 Å². The van der Waals surface area contributed by atoms with Crippen molar-refractivity contribution in [3.8, 4) is 0 Å². The Morgan fingerprint density at radius 2 is 2.13 bits per heavy atom. The van der Waals surface area contributed by atoms with Crippen LogP contribution in [0.3, 0.4) is 0 Å². The molecule has 0 bridgehead atoms. The predicted molar refractivity (Wildman–Crippen MR) is 67.3 cm³/mol. The minimum absolute atomic E-state index is 0.746. The highest BCUT2D eigenvalue weighted by Gasteiger charge is 2.24. The normalized spacial score (nSPS) is 20.3. The van der Waals surface area contributed by atoms with E-state index < -0.39 is 0 Å². The van der Waals surface area contributed by atoms with E-state index in [9.17, 15) is 0 Å². The summed E-state index contributed by atoms with van der Waals surface area (Å²) in [6, 6.07) is 4.46. The fraction of sp³-hybridized carbons (Fsp3) is 0.692. The monoisotopic (exact) mass is 223 g/mol. The lowest BCUT2D eigenvalue weighted by Gasteiger charge is -2.29. The molecule has 2 rings (SSSR count). The fourth-order valence-electron chi connectivity index (χ4n) is 2.83. The zero-order chi connectivity index (χ0) is 10.5. The molecule has 1 aromatic heterocycles. The summed E-state index contributed by atoms with van der Waals surface area (Å²) < 4.78 is 0. The van der Waals surface area contributed by atoms with Gasteiger partial charge in [0.2, 0.25) is 0 Å². The molecular weight excluding hydrogens is 202 g/mol. The third-order valence-electron chi connectivity index (χ3n) is 3.61. The lowest BCUT2D eigenvalue weighted by molar-refractivity contribution is 0.298. The van der Waals surface area contributed by atoms with Crippen molar-refractivity contribution in [2.45, 2.75) is 44.4 Å². The van der Waals surface area contributed by atoms with Gasteiger partial charge in [0.25, 0.3) is 0 Å². The first-order valence-electron chi connectivity index (χ1n) is 6.15. The van der Waals surface area contributed by atoms with Crippen molar-refractivity contribution >= 4 is 11.3 Å². The van der Waals surface area contributed by atoms with Crippen LogP contribution in [-0.2, 0) is 0 Å². The fourth-order valence-corrected chi connectivity index (χ4v) is 3.79. The van der Waals surface area contributed by atoms with Gasteiger partial charge in [-0.25, -0.2) is 0 Å². The Hall–Kier alpha value is -0.340. The first-order chi connectivity index (χ1) is 7.42. The highest BCUT2D eigenvalue weighted by atomic mass is 32.1. The highest BCUT2D eigenvalue weighted by Crippen LogP contribution is 2.39. The van der Waals surface area contributed by atoms with Crippen molar-refractivity contribution in [2.75, 3.05) is 6.54 Å². The zero-order valence-electron chi connectivity index (χ0n) is 9.32. The molecule has 0 aliphatic heterocycles. The molecule has 1 aliphatic rings. The number of nitrogens with two attached hydrogens (primary N) is 1. The van der Waals surface area contributed by atoms with Crippen molar-refractivity contribution in [2.24, 2.45) is 11.7 Å². The highest BCUT2D eigenvalue weighted by molar-refractivity contribution is 7.10. The van der Waals surface area contributed by atoms with Crippen LogP contribution in [0.2, 0.25) is 0 Å². The summed E-state index contributed by atoms with van der Waals surface area (Å²) in [5.41, 5.74) is 5.75. The van der Waals surface area contributed by atoms with Gasteiger partial charge in [-0.2, -0.15) is 0 Å². The second-order valence-electron chi connectivity index (χ2n) is 4.60. The van der Waals surface area contributed by atoms with Crippen LogP contribution in [0.15, 0.2) is 17.5 Å². The zero-order valence-corrected chi connectivity index (χ0v) is 10.1. The van der Waals surface area contributed by atoms with E-state index in [1.807, 2.05) is 11.3 Å². The van der Waals surface area contributed by atoms with Gasteiger partial charge in [0.1, 0.15) is 0 Å². The maximum Gasteiger partial charge on any atom is 0.00794 e. The van der Waals surface area contributed by atoms with E-state index in [4.69, 9.17) is 5.73 Å². The Balaban J connectivity index is 2.04. The van der Waals surface area contributed by atoms with Gasteiger partial charge < -0.3 is 5.73 Å². The van der Waals surface area contributed by atoms with Gasteiger partial charge in [0.05, 0.1) is 0 Å². The molecule has 15 heavy (non-hydrogen) atoms. The Labute approximate surface area is 96.7 Å². The summed E-state index contributed by atoms with van der Waals surface area (Å²) in [6.45, 7) is 0.832. The largest absolute Gasteiger partial charge is 0.330 e. The van der Waals surface area contributed by atoms with Crippen molar-refractivity contribution in [1.82, 2.24) is 0 Å². The molecule has 1 aliphatic carbocycles. The molecule has 1 atom stereocenters. The van der Waals surface area contributed by atoms with Crippen LogP contribution in [0, 0.1) is 5.92 Å². The smallest absolute Gasteiger partial charge is 0.00794 e. The topological polar surface area (TPSA) is 26.0 Å². The average Bonchev–Trinajstić information content (AvgIpc) is 2.80. The quantitative estimate of drug-likeness (QED) is 0.826. The molecule has 1 unspecified atom stereocenters. The van der Waals surface area contributed by atoms with Crippen molar-refractivity contribution in [1.29, 1.82) is 0 Å². The standard InChI is InChI=1S/C13H21NS/c14-9-8-12(13-7-4-10-15-13)11-5-2-1-3-6-11/h4,7,10-12H,1-3,5-6,8-9,14H2. The molecule has 2 heteroatoms. The lowest BCUT2D eigenvalue weighted by atomic mass is 9.78. The number of rotatable bonds is 4. The van der Waals surface area contributed by atoms with Crippen molar-refractivity contribution in [3.63, 3.8) is 0 Å². The van der Waals surface area contributed by atoms with Crippen LogP contribution >= 0.6 is 11.3 Å². The first kappa shape index (κ1) is 11.2. The minimum Gasteiger partial charge on any atom is -0.330 e. The van der Waals surface area contributed by atoms with Gasteiger partial charge in [0, 0.05) is 4.88 Å². The maximum atomic E-state index is 5.75. The van der Waals surface area contributed by atoms with Crippen LogP contribution in [0.1, 0.15) is 49.3 Å². The summed E-state index contributed by atoms with van der Waals surface area (Å²) in [5, 5.41) is 2.20. The third kappa shape index (κ3) is 2.82. The molecule has 0 amide bonds. The number of hydrogen-bond acceptors (Lipinski definition) is 2. The summed E-state index contributed by atoms with van der Waals surface area (Å²) in [4.78, 5) is 1.56. The van der Waals surface area contributed by atoms with Crippen LogP contribution in [0.4, 0.5) is 0 Å². The summed E-state index contributed by atoms with van der Waals surface area (Å²) in [6.07, 6.45) is 8.31. The average molecular weight is 223 g/mol. The molecule has 0 radical (unpaired) electrons. The van der Waals surface area contributed by atoms with E-state index in [0.29, 0.717) is 0 Å².